The number of hydrogen-bond donors (Lipinski definition) is 1. The zero-order valence-corrected chi connectivity index (χ0v) is 11.7. The molecular weight excluding hydrogens is 236 g/mol. The number of hydrogen-bond acceptors (Lipinski definition) is 2. The minimum atomic E-state index is -0.536. The van der Waals surface area contributed by atoms with E-state index in [1.807, 2.05) is 50.3 Å². The number of fused-ring (bicyclic) bond motifs is 1. The standard InChI is InChI=1S/C17H20O2/c1-12(2)10-11-19-17-15(13(3)18)9-8-14-6-4-5-7-16(14)17/h4-10,13,18H,11H2,1-3H3. The van der Waals surface area contributed by atoms with Crippen molar-refractivity contribution >= 4 is 10.8 Å². The molecule has 2 heteroatoms. The van der Waals surface area contributed by atoms with Crippen molar-refractivity contribution in [3.8, 4) is 5.75 Å². The molecule has 0 aliphatic carbocycles. The summed E-state index contributed by atoms with van der Waals surface area (Å²) in [5.41, 5.74) is 2.06. The summed E-state index contributed by atoms with van der Waals surface area (Å²) < 4.78 is 5.89. The molecule has 1 atom stereocenters. The van der Waals surface area contributed by atoms with Crippen molar-refractivity contribution in [2.45, 2.75) is 26.9 Å². The molecule has 19 heavy (non-hydrogen) atoms. The molecular formula is C17H20O2. The van der Waals surface area contributed by atoms with Crippen LogP contribution in [0.3, 0.4) is 0 Å². The molecule has 0 spiro atoms. The Hall–Kier alpha value is -1.80. The van der Waals surface area contributed by atoms with Gasteiger partial charge in [0.05, 0.1) is 6.10 Å². The Morgan fingerprint density at radius 1 is 1.21 bits per heavy atom. The van der Waals surface area contributed by atoms with Crippen LogP contribution < -0.4 is 4.74 Å². The number of aliphatic hydroxyl groups excluding tert-OH is 1. The lowest BCUT2D eigenvalue weighted by Gasteiger charge is -2.15. The number of ether oxygens (including phenoxy) is 1. The van der Waals surface area contributed by atoms with Crippen LogP contribution in [0.25, 0.3) is 10.8 Å². The molecule has 0 saturated carbocycles. The summed E-state index contributed by atoms with van der Waals surface area (Å²) in [7, 11) is 0. The molecule has 1 N–H and O–H groups in total. The predicted molar refractivity (Wildman–Crippen MR) is 79.5 cm³/mol. The summed E-state index contributed by atoms with van der Waals surface area (Å²) in [5.74, 6) is 0.783. The first-order valence-corrected chi connectivity index (χ1v) is 6.55. The zero-order valence-electron chi connectivity index (χ0n) is 11.7. The molecule has 1 unspecified atom stereocenters. The minimum Gasteiger partial charge on any atom is -0.488 e. The molecule has 0 heterocycles. The van der Waals surface area contributed by atoms with E-state index in [1.54, 1.807) is 6.92 Å². The minimum absolute atomic E-state index is 0.524. The second kappa shape index (κ2) is 5.89. The number of benzene rings is 2. The quantitative estimate of drug-likeness (QED) is 0.829. The first-order valence-electron chi connectivity index (χ1n) is 6.55. The maximum Gasteiger partial charge on any atom is 0.133 e. The number of rotatable bonds is 4. The van der Waals surface area contributed by atoms with Crippen LogP contribution >= 0.6 is 0 Å². The Morgan fingerprint density at radius 2 is 1.95 bits per heavy atom. The van der Waals surface area contributed by atoms with E-state index in [1.165, 1.54) is 5.57 Å². The molecule has 0 saturated heterocycles. The number of aliphatic hydroxyl groups is 1. The van der Waals surface area contributed by atoms with Gasteiger partial charge in [-0.05, 0) is 32.2 Å². The van der Waals surface area contributed by atoms with Gasteiger partial charge in [-0.25, -0.2) is 0 Å². The Kier molecular flexibility index (Phi) is 4.23. The molecule has 0 aliphatic rings. The Morgan fingerprint density at radius 3 is 2.63 bits per heavy atom. The SMILES string of the molecule is CC(C)=CCOc1c(C(C)O)ccc2ccccc12. The second-order valence-electron chi connectivity index (χ2n) is 4.97. The van der Waals surface area contributed by atoms with Crippen LogP contribution in [-0.4, -0.2) is 11.7 Å². The third-order valence-corrected chi connectivity index (χ3v) is 3.08. The first kappa shape index (κ1) is 13.6. The van der Waals surface area contributed by atoms with Crippen LogP contribution in [0.5, 0.6) is 5.75 Å². The second-order valence-corrected chi connectivity index (χ2v) is 4.97. The molecule has 0 aliphatic heterocycles. The molecule has 0 radical (unpaired) electrons. The van der Waals surface area contributed by atoms with Gasteiger partial charge in [0.2, 0.25) is 0 Å². The van der Waals surface area contributed by atoms with Crippen molar-refractivity contribution in [3.63, 3.8) is 0 Å². The summed E-state index contributed by atoms with van der Waals surface area (Å²) >= 11 is 0. The van der Waals surface area contributed by atoms with Crippen LogP contribution in [0.2, 0.25) is 0 Å². The molecule has 0 fully saturated rings. The van der Waals surface area contributed by atoms with Gasteiger partial charge in [-0.15, -0.1) is 0 Å². The lowest BCUT2D eigenvalue weighted by Crippen LogP contribution is -2.01. The van der Waals surface area contributed by atoms with Gasteiger partial charge in [0.25, 0.3) is 0 Å². The van der Waals surface area contributed by atoms with Crippen LogP contribution in [0, 0.1) is 0 Å². The average Bonchev–Trinajstić information content (AvgIpc) is 2.38. The van der Waals surface area contributed by atoms with E-state index >= 15 is 0 Å². The van der Waals surface area contributed by atoms with Crippen molar-refractivity contribution in [3.05, 3.63) is 53.6 Å². The maximum absolute atomic E-state index is 9.88. The van der Waals surface area contributed by atoms with Gasteiger partial charge >= 0.3 is 0 Å². The van der Waals surface area contributed by atoms with Crippen molar-refractivity contribution in [2.75, 3.05) is 6.61 Å². The maximum atomic E-state index is 9.88. The van der Waals surface area contributed by atoms with Gasteiger partial charge < -0.3 is 9.84 Å². The molecule has 100 valence electrons. The van der Waals surface area contributed by atoms with Crippen LogP contribution in [0.15, 0.2) is 48.0 Å². The third kappa shape index (κ3) is 3.15. The summed E-state index contributed by atoms with van der Waals surface area (Å²) in [6.07, 6.45) is 1.50. The van der Waals surface area contributed by atoms with Gasteiger partial charge in [-0.2, -0.15) is 0 Å². The predicted octanol–water partition coefficient (Wildman–Crippen LogP) is 4.24. The lowest BCUT2D eigenvalue weighted by molar-refractivity contribution is 0.193. The van der Waals surface area contributed by atoms with Crippen molar-refractivity contribution in [1.82, 2.24) is 0 Å². The highest BCUT2D eigenvalue weighted by atomic mass is 16.5. The molecule has 2 aromatic rings. The average molecular weight is 256 g/mol. The van der Waals surface area contributed by atoms with Crippen LogP contribution in [0.4, 0.5) is 0 Å². The van der Waals surface area contributed by atoms with Gasteiger partial charge in [0, 0.05) is 10.9 Å². The van der Waals surface area contributed by atoms with Crippen molar-refractivity contribution < 1.29 is 9.84 Å². The zero-order chi connectivity index (χ0) is 13.8. The van der Waals surface area contributed by atoms with Gasteiger partial charge in [-0.3, -0.25) is 0 Å². The van der Waals surface area contributed by atoms with Gasteiger partial charge in [0.15, 0.2) is 0 Å². The van der Waals surface area contributed by atoms with Crippen molar-refractivity contribution in [1.29, 1.82) is 0 Å². The lowest BCUT2D eigenvalue weighted by atomic mass is 10.0. The molecule has 2 aromatic carbocycles. The normalized spacial score (nSPS) is 12.2. The van der Waals surface area contributed by atoms with E-state index in [0.717, 1.165) is 22.1 Å². The highest BCUT2D eigenvalue weighted by Gasteiger charge is 2.12. The van der Waals surface area contributed by atoms with E-state index in [4.69, 9.17) is 4.74 Å². The topological polar surface area (TPSA) is 29.5 Å². The number of allylic oxidation sites excluding steroid dienone is 1. The van der Waals surface area contributed by atoms with E-state index in [2.05, 4.69) is 6.07 Å². The molecule has 0 aromatic heterocycles. The fourth-order valence-corrected chi connectivity index (χ4v) is 2.04. The van der Waals surface area contributed by atoms with Crippen molar-refractivity contribution in [2.24, 2.45) is 0 Å². The Bertz CT molecular complexity index is 593. The third-order valence-electron chi connectivity index (χ3n) is 3.08. The van der Waals surface area contributed by atoms with Gasteiger partial charge in [-0.1, -0.05) is 42.0 Å². The van der Waals surface area contributed by atoms with Crippen LogP contribution in [0.1, 0.15) is 32.4 Å². The van der Waals surface area contributed by atoms with Gasteiger partial charge in [0.1, 0.15) is 12.4 Å². The summed E-state index contributed by atoms with van der Waals surface area (Å²) in [6.45, 7) is 6.37. The Balaban J connectivity index is 2.46. The first-order chi connectivity index (χ1) is 9.09. The molecule has 2 rings (SSSR count). The van der Waals surface area contributed by atoms with E-state index in [0.29, 0.717) is 6.61 Å². The smallest absolute Gasteiger partial charge is 0.133 e. The molecule has 0 amide bonds. The summed E-state index contributed by atoms with van der Waals surface area (Å²) in [5, 5.41) is 12.0. The largest absolute Gasteiger partial charge is 0.488 e. The monoisotopic (exact) mass is 256 g/mol. The van der Waals surface area contributed by atoms with E-state index in [-0.39, 0.29) is 0 Å². The summed E-state index contributed by atoms with van der Waals surface area (Å²) in [6, 6.07) is 12.0. The van der Waals surface area contributed by atoms with Crippen LogP contribution in [-0.2, 0) is 0 Å². The highest BCUT2D eigenvalue weighted by Crippen LogP contribution is 2.33. The Labute approximate surface area is 114 Å². The van der Waals surface area contributed by atoms with E-state index in [9.17, 15) is 5.11 Å². The fraction of sp³-hybridized carbons (Fsp3) is 0.294. The highest BCUT2D eigenvalue weighted by molar-refractivity contribution is 5.89. The molecule has 0 bridgehead atoms. The fourth-order valence-electron chi connectivity index (χ4n) is 2.04. The van der Waals surface area contributed by atoms with E-state index < -0.39 is 6.10 Å². The molecule has 2 nitrogen and oxygen atoms in total. The summed E-state index contributed by atoms with van der Waals surface area (Å²) in [4.78, 5) is 0.